The Morgan fingerprint density at radius 2 is 2.54 bits per heavy atom. The Balaban J connectivity index is 2.04. The van der Waals surface area contributed by atoms with Gasteiger partial charge < -0.3 is 5.32 Å². The van der Waals surface area contributed by atoms with Crippen LogP contribution >= 0.6 is 11.8 Å². The summed E-state index contributed by atoms with van der Waals surface area (Å²) in [6.45, 7) is 0. The third-order valence-electron chi connectivity index (χ3n) is 2.03. The molecule has 2 rings (SSSR count). The largest absolute Gasteiger partial charge is 0.364 e. The molecule has 0 saturated carbocycles. The number of hydrogen-bond donors (Lipinski definition) is 1. The zero-order chi connectivity index (χ0) is 9.10. The average molecular weight is 198 g/mol. The van der Waals surface area contributed by atoms with Crippen molar-refractivity contribution in [3.8, 4) is 0 Å². The van der Waals surface area contributed by atoms with Gasteiger partial charge in [-0.3, -0.25) is 0 Å². The van der Waals surface area contributed by atoms with E-state index in [1.54, 1.807) is 12.3 Å². The summed E-state index contributed by atoms with van der Waals surface area (Å²) in [7, 11) is 0. The summed E-state index contributed by atoms with van der Waals surface area (Å²) in [5.41, 5.74) is 0. The van der Waals surface area contributed by atoms with Gasteiger partial charge in [-0.2, -0.15) is 11.8 Å². The van der Waals surface area contributed by atoms with Crippen molar-refractivity contribution in [2.24, 2.45) is 0 Å². The Hall–Kier alpha value is -0.770. The minimum absolute atomic E-state index is 0.264. The number of nitrogens with zero attached hydrogens (tertiary/aromatic N) is 1. The lowest BCUT2D eigenvalue weighted by molar-refractivity contribution is 0.620. The van der Waals surface area contributed by atoms with Gasteiger partial charge >= 0.3 is 0 Å². The van der Waals surface area contributed by atoms with E-state index in [2.05, 4.69) is 10.3 Å². The quantitative estimate of drug-likeness (QED) is 0.788. The van der Waals surface area contributed by atoms with Crippen molar-refractivity contribution in [3.05, 3.63) is 24.1 Å². The van der Waals surface area contributed by atoms with E-state index < -0.39 is 0 Å². The molecular formula is C9H11FN2S. The first-order chi connectivity index (χ1) is 6.36. The Morgan fingerprint density at radius 3 is 3.23 bits per heavy atom. The molecule has 1 saturated heterocycles. The van der Waals surface area contributed by atoms with Gasteiger partial charge in [-0.25, -0.2) is 9.37 Å². The van der Waals surface area contributed by atoms with Crippen molar-refractivity contribution in [1.82, 2.24) is 4.98 Å². The molecule has 1 fully saturated rings. The van der Waals surface area contributed by atoms with E-state index in [4.69, 9.17) is 0 Å². The van der Waals surface area contributed by atoms with Gasteiger partial charge in [0.15, 0.2) is 11.6 Å². The molecule has 70 valence electrons. The smallest absolute Gasteiger partial charge is 0.165 e. The van der Waals surface area contributed by atoms with Gasteiger partial charge in [0.05, 0.1) is 0 Å². The fraction of sp³-hybridized carbons (Fsp3) is 0.444. The highest BCUT2D eigenvalue weighted by atomic mass is 32.2. The van der Waals surface area contributed by atoms with E-state index >= 15 is 0 Å². The number of pyridine rings is 1. The summed E-state index contributed by atoms with van der Waals surface area (Å²) in [5, 5.41) is 3.10. The first-order valence-electron chi connectivity index (χ1n) is 4.31. The first kappa shape index (κ1) is 8.81. The lowest BCUT2D eigenvalue weighted by Gasteiger charge is -2.11. The number of thioether (sulfide) groups is 1. The molecule has 13 heavy (non-hydrogen) atoms. The van der Waals surface area contributed by atoms with Gasteiger partial charge in [-0.1, -0.05) is 0 Å². The van der Waals surface area contributed by atoms with Crippen LogP contribution in [0.25, 0.3) is 0 Å². The molecule has 1 aliphatic heterocycles. The average Bonchev–Trinajstić information content (AvgIpc) is 2.61. The van der Waals surface area contributed by atoms with E-state index in [9.17, 15) is 4.39 Å². The van der Waals surface area contributed by atoms with Crippen molar-refractivity contribution in [3.63, 3.8) is 0 Å². The second kappa shape index (κ2) is 3.96. The van der Waals surface area contributed by atoms with Crippen molar-refractivity contribution in [2.45, 2.75) is 12.5 Å². The molecule has 0 amide bonds. The predicted molar refractivity (Wildman–Crippen MR) is 53.5 cm³/mol. The van der Waals surface area contributed by atoms with Crippen molar-refractivity contribution in [2.75, 3.05) is 16.8 Å². The van der Waals surface area contributed by atoms with Crippen LogP contribution in [0.3, 0.4) is 0 Å². The maximum Gasteiger partial charge on any atom is 0.165 e. The topological polar surface area (TPSA) is 24.9 Å². The van der Waals surface area contributed by atoms with E-state index in [0.717, 1.165) is 17.9 Å². The van der Waals surface area contributed by atoms with Crippen molar-refractivity contribution in [1.29, 1.82) is 0 Å². The number of anilines is 1. The molecular weight excluding hydrogens is 187 g/mol. The number of hydrogen-bond acceptors (Lipinski definition) is 3. The molecule has 1 aromatic heterocycles. The third-order valence-corrected chi connectivity index (χ3v) is 3.19. The van der Waals surface area contributed by atoms with Gasteiger partial charge in [0, 0.05) is 18.0 Å². The number of halogens is 1. The Labute approximate surface area is 80.9 Å². The second-order valence-electron chi connectivity index (χ2n) is 3.04. The molecule has 0 unspecified atom stereocenters. The lowest BCUT2D eigenvalue weighted by atomic mass is 10.2. The highest BCUT2D eigenvalue weighted by Gasteiger charge is 2.16. The van der Waals surface area contributed by atoms with Gasteiger partial charge in [-0.15, -0.1) is 0 Å². The fourth-order valence-electron chi connectivity index (χ4n) is 1.33. The van der Waals surface area contributed by atoms with Gasteiger partial charge in [0.25, 0.3) is 0 Å². The zero-order valence-corrected chi connectivity index (χ0v) is 7.98. The summed E-state index contributed by atoms with van der Waals surface area (Å²) in [6, 6.07) is 3.41. The molecule has 0 spiro atoms. The van der Waals surface area contributed by atoms with Crippen LogP contribution in [0.2, 0.25) is 0 Å². The Bertz CT molecular complexity index is 287. The van der Waals surface area contributed by atoms with Crippen LogP contribution in [0.5, 0.6) is 0 Å². The SMILES string of the molecule is Fc1cccnc1N[C@@H]1CCSC1. The predicted octanol–water partition coefficient (Wildman–Crippen LogP) is 2.14. The maximum atomic E-state index is 13.1. The summed E-state index contributed by atoms with van der Waals surface area (Å²) in [4.78, 5) is 3.95. The zero-order valence-electron chi connectivity index (χ0n) is 7.16. The fourth-order valence-corrected chi connectivity index (χ4v) is 2.49. The summed E-state index contributed by atoms with van der Waals surface area (Å²) < 4.78 is 13.1. The number of nitrogens with one attached hydrogen (secondary N) is 1. The molecule has 0 radical (unpaired) electrons. The molecule has 0 aromatic carbocycles. The monoisotopic (exact) mass is 198 g/mol. The van der Waals surface area contributed by atoms with Crippen LogP contribution in [0.15, 0.2) is 18.3 Å². The Morgan fingerprint density at radius 1 is 1.62 bits per heavy atom. The standard InChI is InChI=1S/C9H11FN2S/c10-8-2-1-4-11-9(8)12-7-3-5-13-6-7/h1-2,4,7H,3,5-6H2,(H,11,12)/t7-/m1/s1. The maximum absolute atomic E-state index is 13.1. The Kier molecular flexibility index (Phi) is 2.68. The van der Waals surface area contributed by atoms with Crippen molar-refractivity contribution < 1.29 is 4.39 Å². The molecule has 2 heterocycles. The molecule has 1 aromatic rings. The van der Waals surface area contributed by atoms with E-state index in [1.807, 2.05) is 11.8 Å². The van der Waals surface area contributed by atoms with Crippen LogP contribution in [-0.4, -0.2) is 22.5 Å². The molecule has 1 aliphatic rings. The normalized spacial score (nSPS) is 21.8. The molecule has 1 atom stereocenters. The van der Waals surface area contributed by atoms with Crippen molar-refractivity contribution >= 4 is 17.6 Å². The van der Waals surface area contributed by atoms with Crippen LogP contribution in [0.1, 0.15) is 6.42 Å². The molecule has 1 N–H and O–H groups in total. The minimum atomic E-state index is -0.264. The highest BCUT2D eigenvalue weighted by molar-refractivity contribution is 7.99. The summed E-state index contributed by atoms with van der Waals surface area (Å²) in [6.07, 6.45) is 2.70. The highest BCUT2D eigenvalue weighted by Crippen LogP contribution is 2.21. The lowest BCUT2D eigenvalue weighted by Crippen LogP contribution is -2.19. The summed E-state index contributed by atoms with van der Waals surface area (Å²) >= 11 is 1.89. The molecule has 4 heteroatoms. The van der Waals surface area contributed by atoms with Gasteiger partial charge in [0.2, 0.25) is 0 Å². The summed E-state index contributed by atoms with van der Waals surface area (Å²) in [5.74, 6) is 2.33. The van der Waals surface area contributed by atoms with Gasteiger partial charge in [-0.05, 0) is 24.3 Å². The minimum Gasteiger partial charge on any atom is -0.364 e. The third kappa shape index (κ3) is 2.12. The van der Waals surface area contributed by atoms with E-state index in [1.165, 1.54) is 6.07 Å². The second-order valence-corrected chi connectivity index (χ2v) is 4.19. The van der Waals surface area contributed by atoms with Crippen LogP contribution in [-0.2, 0) is 0 Å². The van der Waals surface area contributed by atoms with Crippen LogP contribution < -0.4 is 5.32 Å². The first-order valence-corrected chi connectivity index (χ1v) is 5.46. The molecule has 0 aliphatic carbocycles. The van der Waals surface area contributed by atoms with Gasteiger partial charge in [0.1, 0.15) is 0 Å². The van der Waals surface area contributed by atoms with E-state index in [0.29, 0.717) is 11.9 Å². The van der Waals surface area contributed by atoms with E-state index in [-0.39, 0.29) is 5.82 Å². The van der Waals surface area contributed by atoms with Crippen LogP contribution in [0.4, 0.5) is 10.2 Å². The molecule has 0 bridgehead atoms. The number of aromatic nitrogens is 1. The van der Waals surface area contributed by atoms with Crippen LogP contribution in [0, 0.1) is 5.82 Å². The molecule has 2 nitrogen and oxygen atoms in total. The number of rotatable bonds is 2.